The molecule has 22 heavy (non-hydrogen) atoms. The van der Waals surface area contributed by atoms with Gasteiger partial charge in [0.05, 0.1) is 27.7 Å². The van der Waals surface area contributed by atoms with Crippen molar-refractivity contribution in [1.82, 2.24) is 0 Å². The van der Waals surface area contributed by atoms with E-state index in [1.807, 2.05) is 0 Å². The second kappa shape index (κ2) is 15.6. The van der Waals surface area contributed by atoms with E-state index >= 15 is 0 Å². The normalized spacial score (nSPS) is 12.4. The summed E-state index contributed by atoms with van der Waals surface area (Å²) in [6.07, 6.45) is 24.8. The average Bonchev–Trinajstić information content (AvgIpc) is 2.45. The summed E-state index contributed by atoms with van der Waals surface area (Å²) in [6.45, 7) is 3.44. The van der Waals surface area contributed by atoms with Gasteiger partial charge in [0.25, 0.3) is 0 Å². The number of hydrogen-bond acceptors (Lipinski definition) is 0. The highest BCUT2D eigenvalue weighted by Crippen LogP contribution is 2.13. The molecule has 0 aromatic carbocycles. The lowest BCUT2D eigenvalue weighted by Crippen LogP contribution is -2.34. The van der Waals surface area contributed by atoms with Crippen LogP contribution in [0, 0.1) is 0 Å². The third-order valence-electron chi connectivity index (χ3n) is 4.29. The van der Waals surface area contributed by atoms with Crippen LogP contribution in [-0.2, 0) is 0 Å². The lowest BCUT2D eigenvalue weighted by Gasteiger charge is -2.21. The maximum absolute atomic E-state index is 2.38. The summed E-state index contributed by atoms with van der Waals surface area (Å²) in [7, 11) is 6.74. The molecule has 0 fully saturated rings. The molecule has 0 saturated heterocycles. The van der Waals surface area contributed by atoms with Crippen LogP contribution in [0.15, 0.2) is 12.2 Å². The number of quaternary nitrogens is 1. The van der Waals surface area contributed by atoms with Crippen LogP contribution in [0.1, 0.15) is 96.8 Å². The molecule has 0 saturated carbocycles. The number of rotatable bonds is 16. The Morgan fingerprint density at radius 3 is 1.36 bits per heavy atom. The number of unbranched alkanes of at least 4 members (excludes halogenated alkanes) is 13. The fourth-order valence-electron chi connectivity index (χ4n) is 2.79. The summed E-state index contributed by atoms with van der Waals surface area (Å²) in [5.74, 6) is 0. The van der Waals surface area contributed by atoms with E-state index in [0.29, 0.717) is 0 Å². The van der Waals surface area contributed by atoms with Crippen molar-refractivity contribution in [3.63, 3.8) is 0 Å². The van der Waals surface area contributed by atoms with Crippen molar-refractivity contribution in [1.29, 1.82) is 0 Å². The predicted molar refractivity (Wildman–Crippen MR) is 102 cm³/mol. The second-order valence-electron chi connectivity index (χ2n) is 7.98. The lowest BCUT2D eigenvalue weighted by molar-refractivity contribution is -0.864. The lowest BCUT2D eigenvalue weighted by atomic mass is 10.0. The number of hydrogen-bond donors (Lipinski definition) is 0. The largest absolute Gasteiger partial charge is 0.328 e. The van der Waals surface area contributed by atoms with Gasteiger partial charge in [-0.25, -0.2) is 0 Å². The molecule has 0 rings (SSSR count). The Bertz CT molecular complexity index is 237. The first-order valence-corrected chi connectivity index (χ1v) is 10.0. The molecule has 0 aliphatic rings. The number of likely N-dealkylation sites (N-methyl/N-ethyl adjacent to an activating group) is 1. The van der Waals surface area contributed by atoms with Crippen molar-refractivity contribution in [2.24, 2.45) is 0 Å². The molecule has 0 atom stereocenters. The van der Waals surface area contributed by atoms with E-state index < -0.39 is 0 Å². The van der Waals surface area contributed by atoms with E-state index in [2.05, 4.69) is 40.2 Å². The van der Waals surface area contributed by atoms with E-state index in [1.54, 1.807) is 0 Å². The topological polar surface area (TPSA) is 0 Å². The highest BCUT2D eigenvalue weighted by atomic mass is 15.3. The molecule has 0 aromatic rings. The van der Waals surface area contributed by atoms with Gasteiger partial charge in [0, 0.05) is 0 Å². The maximum Gasteiger partial charge on any atom is 0.0967 e. The van der Waals surface area contributed by atoms with Crippen LogP contribution < -0.4 is 0 Å². The molecule has 0 amide bonds. The Morgan fingerprint density at radius 1 is 0.545 bits per heavy atom. The third kappa shape index (κ3) is 19.7. The van der Waals surface area contributed by atoms with Crippen LogP contribution >= 0.6 is 0 Å². The van der Waals surface area contributed by atoms with Crippen molar-refractivity contribution in [3.8, 4) is 0 Å². The smallest absolute Gasteiger partial charge is 0.0967 e. The standard InChI is InChI=1S/C21H44N/c1-5-6-7-8-9-10-11-12-13-14-15-16-17-18-19-20-21-22(2,3)4/h19-20H,5-18,21H2,1-4H3/q+1. The van der Waals surface area contributed by atoms with Crippen molar-refractivity contribution in [2.45, 2.75) is 96.8 Å². The molecule has 0 bridgehead atoms. The van der Waals surface area contributed by atoms with Gasteiger partial charge >= 0.3 is 0 Å². The summed E-state index contributed by atoms with van der Waals surface area (Å²) in [5.41, 5.74) is 0. The molecule has 1 heteroatoms. The highest BCUT2D eigenvalue weighted by Gasteiger charge is 2.01. The molecule has 1 nitrogen and oxygen atoms in total. The molecule has 132 valence electrons. The van der Waals surface area contributed by atoms with Crippen molar-refractivity contribution >= 4 is 0 Å². The zero-order chi connectivity index (χ0) is 16.5. The molecular formula is C21H44N+. The molecule has 0 aromatic heterocycles. The zero-order valence-corrected chi connectivity index (χ0v) is 16.2. The summed E-state index contributed by atoms with van der Waals surface area (Å²) in [6, 6.07) is 0. The van der Waals surface area contributed by atoms with E-state index in [-0.39, 0.29) is 0 Å². The summed E-state index contributed by atoms with van der Waals surface area (Å²) in [4.78, 5) is 0. The van der Waals surface area contributed by atoms with Gasteiger partial charge in [-0.1, -0.05) is 90.0 Å². The minimum Gasteiger partial charge on any atom is -0.328 e. The van der Waals surface area contributed by atoms with Crippen molar-refractivity contribution < 1.29 is 4.48 Å². The minimum absolute atomic E-state index is 1.04. The monoisotopic (exact) mass is 310 g/mol. The van der Waals surface area contributed by atoms with Crippen LogP contribution in [0.3, 0.4) is 0 Å². The quantitative estimate of drug-likeness (QED) is 0.168. The van der Waals surface area contributed by atoms with Crippen molar-refractivity contribution in [2.75, 3.05) is 27.7 Å². The van der Waals surface area contributed by atoms with E-state index in [9.17, 15) is 0 Å². The molecule has 0 heterocycles. The van der Waals surface area contributed by atoms with Gasteiger partial charge in [-0.05, 0) is 18.9 Å². The number of nitrogens with zero attached hydrogens (tertiary/aromatic N) is 1. The van der Waals surface area contributed by atoms with Gasteiger partial charge in [-0.3, -0.25) is 0 Å². The maximum atomic E-state index is 2.38. The highest BCUT2D eigenvalue weighted by molar-refractivity contribution is 4.81. The summed E-state index contributed by atoms with van der Waals surface area (Å²) >= 11 is 0. The van der Waals surface area contributed by atoms with Crippen LogP contribution in [0.5, 0.6) is 0 Å². The Kier molecular flexibility index (Phi) is 15.4. The third-order valence-corrected chi connectivity index (χ3v) is 4.29. The average molecular weight is 311 g/mol. The molecule has 0 radical (unpaired) electrons. The fraction of sp³-hybridized carbons (Fsp3) is 0.905. The first kappa shape index (κ1) is 21.7. The van der Waals surface area contributed by atoms with Gasteiger partial charge in [-0.2, -0.15) is 0 Å². The summed E-state index contributed by atoms with van der Waals surface area (Å²) < 4.78 is 1.04. The molecular weight excluding hydrogens is 266 g/mol. The van der Waals surface area contributed by atoms with Gasteiger partial charge in [-0.15, -0.1) is 0 Å². The Hall–Kier alpha value is -0.300. The molecule has 0 aliphatic heterocycles. The minimum atomic E-state index is 1.04. The first-order chi connectivity index (χ1) is 10.6. The van der Waals surface area contributed by atoms with Crippen molar-refractivity contribution in [3.05, 3.63) is 12.2 Å². The SMILES string of the molecule is CCCCCCCCCCCCCCCC=CC[N+](C)(C)C. The predicted octanol–water partition coefficient (Wildman–Crippen LogP) is 6.73. The fourth-order valence-corrected chi connectivity index (χ4v) is 2.79. The zero-order valence-electron chi connectivity index (χ0n) is 16.2. The Labute approximate surface area is 141 Å². The van der Waals surface area contributed by atoms with E-state index in [0.717, 1.165) is 11.0 Å². The van der Waals surface area contributed by atoms with Crippen LogP contribution in [0.4, 0.5) is 0 Å². The van der Waals surface area contributed by atoms with Gasteiger partial charge in [0.15, 0.2) is 0 Å². The molecule has 0 unspecified atom stereocenters. The number of allylic oxidation sites excluding steroid dienone is 1. The molecule has 0 spiro atoms. The first-order valence-electron chi connectivity index (χ1n) is 10.0. The van der Waals surface area contributed by atoms with Crippen LogP contribution in [0.2, 0.25) is 0 Å². The Balaban J connectivity index is 3.08. The second-order valence-corrected chi connectivity index (χ2v) is 7.98. The van der Waals surface area contributed by atoms with E-state index in [4.69, 9.17) is 0 Å². The molecule has 0 N–H and O–H groups in total. The van der Waals surface area contributed by atoms with Crippen LogP contribution in [0.25, 0.3) is 0 Å². The van der Waals surface area contributed by atoms with E-state index in [1.165, 1.54) is 89.9 Å². The van der Waals surface area contributed by atoms with Crippen LogP contribution in [-0.4, -0.2) is 32.2 Å². The summed E-state index contributed by atoms with van der Waals surface area (Å²) in [5, 5.41) is 0. The Morgan fingerprint density at radius 2 is 0.955 bits per heavy atom. The van der Waals surface area contributed by atoms with Gasteiger partial charge in [0.2, 0.25) is 0 Å². The van der Waals surface area contributed by atoms with Gasteiger partial charge in [0.1, 0.15) is 0 Å². The molecule has 0 aliphatic carbocycles. The van der Waals surface area contributed by atoms with Gasteiger partial charge < -0.3 is 4.48 Å².